The number of aryl methyl sites for hydroxylation is 1. The molecule has 0 spiro atoms. The summed E-state index contributed by atoms with van der Waals surface area (Å²) < 4.78 is 5.50. The van der Waals surface area contributed by atoms with Gasteiger partial charge in [-0.2, -0.15) is 0 Å². The minimum absolute atomic E-state index is 0.633. The molecule has 1 aromatic carbocycles. The zero-order valence-corrected chi connectivity index (χ0v) is 9.74. The molecule has 1 nitrogen and oxygen atoms in total. The van der Waals surface area contributed by atoms with Crippen molar-refractivity contribution >= 4 is 23.2 Å². The Kier molecular flexibility index (Phi) is 5.13. The molecule has 0 saturated heterocycles. The van der Waals surface area contributed by atoms with Crippen molar-refractivity contribution in [1.29, 1.82) is 0 Å². The standard InChI is InChI=1S/C11H14Cl2O/c1-2-9-8-10(4-5-11(9)13)14-7-3-6-12/h4-5,8H,2-3,6-7H2,1H3. The number of rotatable bonds is 5. The second-order valence-corrected chi connectivity index (χ2v) is 3.78. The van der Waals surface area contributed by atoms with Crippen molar-refractivity contribution < 1.29 is 4.74 Å². The second kappa shape index (κ2) is 6.15. The molecule has 0 aliphatic carbocycles. The zero-order valence-electron chi connectivity index (χ0n) is 8.22. The summed E-state index contributed by atoms with van der Waals surface area (Å²) in [5.41, 5.74) is 1.12. The molecule has 0 fully saturated rings. The first-order valence-electron chi connectivity index (χ1n) is 4.75. The summed E-state index contributed by atoms with van der Waals surface area (Å²) in [6, 6.07) is 5.74. The summed E-state index contributed by atoms with van der Waals surface area (Å²) in [5, 5.41) is 0.803. The summed E-state index contributed by atoms with van der Waals surface area (Å²) >= 11 is 11.5. The maximum Gasteiger partial charge on any atom is 0.119 e. The zero-order chi connectivity index (χ0) is 10.4. The van der Waals surface area contributed by atoms with E-state index in [9.17, 15) is 0 Å². The molecule has 3 heteroatoms. The fourth-order valence-electron chi connectivity index (χ4n) is 1.16. The lowest BCUT2D eigenvalue weighted by molar-refractivity contribution is 0.318. The van der Waals surface area contributed by atoms with Gasteiger partial charge in [-0.1, -0.05) is 18.5 Å². The largest absolute Gasteiger partial charge is 0.494 e. The summed E-state index contributed by atoms with van der Waals surface area (Å²) in [4.78, 5) is 0. The van der Waals surface area contributed by atoms with Gasteiger partial charge in [0.15, 0.2) is 0 Å². The smallest absolute Gasteiger partial charge is 0.119 e. The van der Waals surface area contributed by atoms with E-state index in [0.717, 1.165) is 29.2 Å². The number of halogens is 2. The van der Waals surface area contributed by atoms with E-state index < -0.39 is 0 Å². The molecule has 0 saturated carbocycles. The van der Waals surface area contributed by atoms with E-state index in [0.29, 0.717) is 12.5 Å². The number of alkyl halides is 1. The minimum Gasteiger partial charge on any atom is -0.494 e. The average molecular weight is 233 g/mol. The van der Waals surface area contributed by atoms with Crippen molar-refractivity contribution in [3.05, 3.63) is 28.8 Å². The molecule has 1 rings (SSSR count). The van der Waals surface area contributed by atoms with Gasteiger partial charge in [0, 0.05) is 10.9 Å². The maximum atomic E-state index is 5.98. The lowest BCUT2D eigenvalue weighted by Crippen LogP contribution is -1.98. The first kappa shape index (κ1) is 11.7. The predicted molar refractivity (Wildman–Crippen MR) is 61.7 cm³/mol. The van der Waals surface area contributed by atoms with Gasteiger partial charge in [-0.15, -0.1) is 11.6 Å². The third kappa shape index (κ3) is 3.39. The van der Waals surface area contributed by atoms with Gasteiger partial charge in [-0.3, -0.25) is 0 Å². The molecular formula is C11H14Cl2O. The highest BCUT2D eigenvalue weighted by Gasteiger charge is 2.00. The highest BCUT2D eigenvalue weighted by molar-refractivity contribution is 6.31. The van der Waals surface area contributed by atoms with Gasteiger partial charge in [-0.25, -0.2) is 0 Å². The van der Waals surface area contributed by atoms with Crippen LogP contribution in [0.25, 0.3) is 0 Å². The molecule has 0 aliphatic rings. The van der Waals surface area contributed by atoms with E-state index in [-0.39, 0.29) is 0 Å². The Morgan fingerprint density at radius 3 is 2.79 bits per heavy atom. The SMILES string of the molecule is CCc1cc(OCCCCl)ccc1Cl. The van der Waals surface area contributed by atoms with Crippen LogP contribution in [0.1, 0.15) is 18.9 Å². The third-order valence-electron chi connectivity index (χ3n) is 1.94. The van der Waals surface area contributed by atoms with E-state index in [1.807, 2.05) is 18.2 Å². The van der Waals surface area contributed by atoms with Crippen LogP contribution >= 0.6 is 23.2 Å². The van der Waals surface area contributed by atoms with Crippen LogP contribution in [0.4, 0.5) is 0 Å². The van der Waals surface area contributed by atoms with Crippen LogP contribution in [0, 0.1) is 0 Å². The van der Waals surface area contributed by atoms with E-state index in [1.165, 1.54) is 0 Å². The molecule has 78 valence electrons. The molecule has 0 atom stereocenters. The molecule has 0 aromatic heterocycles. The Hall–Kier alpha value is -0.400. The van der Waals surface area contributed by atoms with Crippen molar-refractivity contribution in [3.8, 4) is 5.75 Å². The molecule has 0 amide bonds. The Bertz CT molecular complexity index is 287. The van der Waals surface area contributed by atoms with Crippen LogP contribution in [0.2, 0.25) is 5.02 Å². The molecule has 0 aliphatic heterocycles. The average Bonchev–Trinajstić information content (AvgIpc) is 2.21. The molecule has 0 heterocycles. The van der Waals surface area contributed by atoms with Gasteiger partial charge in [0.1, 0.15) is 5.75 Å². The number of hydrogen-bond donors (Lipinski definition) is 0. The van der Waals surface area contributed by atoms with Crippen molar-refractivity contribution in [2.24, 2.45) is 0 Å². The van der Waals surface area contributed by atoms with Crippen LogP contribution in [-0.2, 0) is 6.42 Å². The highest BCUT2D eigenvalue weighted by atomic mass is 35.5. The summed E-state index contributed by atoms with van der Waals surface area (Å²) in [6.07, 6.45) is 1.79. The molecule has 0 N–H and O–H groups in total. The molecular weight excluding hydrogens is 219 g/mol. The van der Waals surface area contributed by atoms with Gasteiger partial charge in [-0.05, 0) is 36.6 Å². The highest BCUT2D eigenvalue weighted by Crippen LogP contribution is 2.22. The van der Waals surface area contributed by atoms with Gasteiger partial charge >= 0.3 is 0 Å². The number of benzene rings is 1. The molecule has 14 heavy (non-hydrogen) atoms. The minimum atomic E-state index is 0.633. The normalized spacial score (nSPS) is 10.2. The summed E-state index contributed by atoms with van der Waals surface area (Å²) in [5.74, 6) is 1.50. The van der Waals surface area contributed by atoms with E-state index in [1.54, 1.807) is 0 Å². The summed E-state index contributed by atoms with van der Waals surface area (Å²) in [6.45, 7) is 2.73. The van der Waals surface area contributed by atoms with Crippen molar-refractivity contribution in [2.45, 2.75) is 19.8 Å². The van der Waals surface area contributed by atoms with Gasteiger partial charge in [0.05, 0.1) is 6.61 Å². The predicted octanol–water partition coefficient (Wildman–Crippen LogP) is 3.91. The topological polar surface area (TPSA) is 9.23 Å². The third-order valence-corrected chi connectivity index (χ3v) is 2.58. The molecule has 0 bridgehead atoms. The summed E-state index contributed by atoms with van der Waals surface area (Å²) in [7, 11) is 0. The molecule has 1 aromatic rings. The fraction of sp³-hybridized carbons (Fsp3) is 0.455. The molecule has 0 radical (unpaired) electrons. The van der Waals surface area contributed by atoms with E-state index >= 15 is 0 Å². The Morgan fingerprint density at radius 1 is 1.36 bits per heavy atom. The van der Waals surface area contributed by atoms with Gasteiger partial charge in [0.2, 0.25) is 0 Å². The Labute approximate surface area is 95.0 Å². The Balaban J connectivity index is 2.60. The maximum absolute atomic E-state index is 5.98. The number of hydrogen-bond acceptors (Lipinski definition) is 1. The van der Waals surface area contributed by atoms with Crippen LogP contribution in [0.15, 0.2) is 18.2 Å². The lowest BCUT2D eigenvalue weighted by atomic mass is 10.1. The lowest BCUT2D eigenvalue weighted by Gasteiger charge is -2.07. The van der Waals surface area contributed by atoms with Gasteiger partial charge < -0.3 is 4.74 Å². The first-order valence-corrected chi connectivity index (χ1v) is 5.66. The monoisotopic (exact) mass is 232 g/mol. The quantitative estimate of drug-likeness (QED) is 0.553. The first-order chi connectivity index (χ1) is 6.77. The van der Waals surface area contributed by atoms with Crippen molar-refractivity contribution in [3.63, 3.8) is 0 Å². The van der Waals surface area contributed by atoms with E-state index in [4.69, 9.17) is 27.9 Å². The van der Waals surface area contributed by atoms with Gasteiger partial charge in [0.25, 0.3) is 0 Å². The van der Waals surface area contributed by atoms with Crippen LogP contribution in [0.5, 0.6) is 5.75 Å². The van der Waals surface area contributed by atoms with E-state index in [2.05, 4.69) is 6.92 Å². The fourth-order valence-corrected chi connectivity index (χ4v) is 1.52. The van der Waals surface area contributed by atoms with Crippen LogP contribution < -0.4 is 4.74 Å². The van der Waals surface area contributed by atoms with Crippen molar-refractivity contribution in [1.82, 2.24) is 0 Å². The second-order valence-electron chi connectivity index (χ2n) is 3.00. The Morgan fingerprint density at radius 2 is 2.14 bits per heavy atom. The number of ether oxygens (including phenoxy) is 1. The molecule has 0 unspecified atom stereocenters. The van der Waals surface area contributed by atoms with Crippen LogP contribution in [0.3, 0.4) is 0 Å². The van der Waals surface area contributed by atoms with Crippen molar-refractivity contribution in [2.75, 3.05) is 12.5 Å². The van der Waals surface area contributed by atoms with Crippen LogP contribution in [-0.4, -0.2) is 12.5 Å².